The van der Waals surface area contributed by atoms with Gasteiger partial charge in [0.15, 0.2) is 5.69 Å². The third-order valence-corrected chi connectivity index (χ3v) is 6.09. The number of aromatic nitrogens is 1. The fourth-order valence-corrected chi connectivity index (χ4v) is 4.49. The van der Waals surface area contributed by atoms with E-state index in [2.05, 4.69) is 17.2 Å². The summed E-state index contributed by atoms with van der Waals surface area (Å²) in [5.41, 5.74) is 2.28. The number of benzene rings is 1. The topological polar surface area (TPSA) is 71.5 Å². The molecule has 3 rings (SSSR count). The van der Waals surface area contributed by atoms with Crippen molar-refractivity contribution in [1.82, 2.24) is 9.88 Å². The van der Waals surface area contributed by atoms with Crippen molar-refractivity contribution in [3.05, 3.63) is 45.9 Å². The Labute approximate surface area is 176 Å². The molecule has 1 aromatic heterocycles. The average molecular weight is 416 g/mol. The predicted octanol–water partition coefficient (Wildman–Crippen LogP) is 5.25. The van der Waals surface area contributed by atoms with Gasteiger partial charge in [-0.25, -0.2) is 14.6 Å². The molecule has 1 fully saturated rings. The molecule has 6 nitrogen and oxygen atoms in total. The first-order valence-electron chi connectivity index (χ1n) is 10.4. The number of esters is 1. The van der Waals surface area contributed by atoms with E-state index in [1.807, 2.05) is 29.2 Å². The van der Waals surface area contributed by atoms with Gasteiger partial charge < -0.3 is 15.0 Å². The number of carbonyl (C=O) groups excluding carboxylic acids is 2. The molecule has 1 aliphatic carbocycles. The smallest absolute Gasteiger partial charge is 0.357 e. The summed E-state index contributed by atoms with van der Waals surface area (Å²) in [6.45, 7) is 4.57. The first kappa shape index (κ1) is 21.3. The molecular formula is C22H29N3O3S. The number of nitrogens with one attached hydrogen (secondary N) is 1. The van der Waals surface area contributed by atoms with E-state index in [1.54, 1.807) is 12.3 Å². The van der Waals surface area contributed by atoms with Crippen molar-refractivity contribution < 1.29 is 14.3 Å². The van der Waals surface area contributed by atoms with Crippen LogP contribution in [0.2, 0.25) is 0 Å². The Balaban J connectivity index is 1.77. The van der Waals surface area contributed by atoms with Gasteiger partial charge in [-0.1, -0.05) is 44.4 Å². The zero-order valence-corrected chi connectivity index (χ0v) is 18.0. The molecule has 1 aromatic carbocycles. The summed E-state index contributed by atoms with van der Waals surface area (Å²) in [6, 6.07) is 7.98. The normalized spacial score (nSPS) is 14.4. The highest BCUT2D eigenvalue weighted by molar-refractivity contribution is 7.09. The maximum atomic E-state index is 13.2. The van der Waals surface area contributed by atoms with E-state index in [4.69, 9.17) is 4.74 Å². The molecule has 0 aliphatic heterocycles. The van der Waals surface area contributed by atoms with Crippen LogP contribution in [0.15, 0.2) is 29.6 Å². The minimum absolute atomic E-state index is 0.106. The van der Waals surface area contributed by atoms with Crippen molar-refractivity contribution in [2.45, 2.75) is 65.0 Å². The second-order valence-corrected chi connectivity index (χ2v) is 8.15. The fourth-order valence-electron chi connectivity index (χ4n) is 3.73. The van der Waals surface area contributed by atoms with Gasteiger partial charge in [-0.05, 0) is 37.8 Å². The molecule has 1 saturated carbocycles. The molecule has 0 radical (unpaired) electrons. The highest BCUT2D eigenvalue weighted by Gasteiger charge is 2.27. The van der Waals surface area contributed by atoms with Crippen LogP contribution in [0.3, 0.4) is 0 Å². The Hall–Kier alpha value is -2.41. The molecule has 0 spiro atoms. The van der Waals surface area contributed by atoms with Crippen molar-refractivity contribution >= 4 is 29.0 Å². The van der Waals surface area contributed by atoms with Gasteiger partial charge in [-0.15, -0.1) is 11.3 Å². The van der Waals surface area contributed by atoms with Crippen LogP contribution in [0, 0.1) is 0 Å². The van der Waals surface area contributed by atoms with E-state index >= 15 is 0 Å². The Bertz CT molecular complexity index is 830. The number of carbonyl (C=O) groups is 2. The van der Waals surface area contributed by atoms with Crippen molar-refractivity contribution in [2.75, 3.05) is 11.9 Å². The standard InChI is InChI=1S/C22H29N3O3S/c1-3-16-10-8-9-13-18(16)24-22(27)25(17-11-6-5-7-12-17)14-20-23-19(15-29-20)21(26)28-4-2/h8-10,13,15,17H,3-7,11-12,14H2,1-2H3,(H,24,27). The number of hydrogen-bond acceptors (Lipinski definition) is 5. The minimum atomic E-state index is -0.416. The number of urea groups is 1. The summed E-state index contributed by atoms with van der Waals surface area (Å²) in [4.78, 5) is 31.4. The minimum Gasteiger partial charge on any atom is -0.461 e. The number of thiazole rings is 1. The van der Waals surface area contributed by atoms with E-state index < -0.39 is 5.97 Å². The first-order valence-corrected chi connectivity index (χ1v) is 11.3. The number of ether oxygens (including phenoxy) is 1. The molecule has 7 heteroatoms. The van der Waals surface area contributed by atoms with E-state index in [1.165, 1.54) is 17.8 Å². The molecule has 0 bridgehead atoms. The van der Waals surface area contributed by atoms with Gasteiger partial charge in [0.05, 0.1) is 13.2 Å². The van der Waals surface area contributed by atoms with Crippen LogP contribution in [-0.4, -0.2) is 34.5 Å². The van der Waals surface area contributed by atoms with Crippen molar-refractivity contribution in [1.29, 1.82) is 0 Å². The van der Waals surface area contributed by atoms with Crippen molar-refractivity contribution in [2.24, 2.45) is 0 Å². The van der Waals surface area contributed by atoms with Crippen LogP contribution in [0.4, 0.5) is 10.5 Å². The number of para-hydroxylation sites is 1. The Morgan fingerprint density at radius 1 is 1.21 bits per heavy atom. The Morgan fingerprint density at radius 2 is 1.97 bits per heavy atom. The van der Waals surface area contributed by atoms with Gasteiger partial charge in [-0.3, -0.25) is 0 Å². The Kier molecular flexibility index (Phi) is 7.63. The first-order chi connectivity index (χ1) is 14.1. The predicted molar refractivity (Wildman–Crippen MR) is 115 cm³/mol. The summed E-state index contributed by atoms with van der Waals surface area (Å²) < 4.78 is 5.03. The SMILES string of the molecule is CCOC(=O)c1csc(CN(C(=O)Nc2ccccc2CC)C2CCCCC2)n1. The maximum Gasteiger partial charge on any atom is 0.357 e. The Morgan fingerprint density at radius 3 is 2.69 bits per heavy atom. The molecule has 2 amide bonds. The number of rotatable bonds is 7. The van der Waals surface area contributed by atoms with Crippen LogP contribution in [0.1, 0.15) is 67.0 Å². The molecule has 0 atom stereocenters. The zero-order chi connectivity index (χ0) is 20.6. The summed E-state index contributed by atoms with van der Waals surface area (Å²) in [7, 11) is 0. The third-order valence-electron chi connectivity index (χ3n) is 5.26. The number of amides is 2. The van der Waals surface area contributed by atoms with Crippen LogP contribution < -0.4 is 5.32 Å². The lowest BCUT2D eigenvalue weighted by Crippen LogP contribution is -2.43. The van der Waals surface area contributed by atoms with Crippen LogP contribution in [-0.2, 0) is 17.7 Å². The van der Waals surface area contributed by atoms with Gasteiger partial charge in [-0.2, -0.15) is 0 Å². The number of aryl methyl sites for hydroxylation is 1. The largest absolute Gasteiger partial charge is 0.461 e. The van der Waals surface area contributed by atoms with Crippen molar-refractivity contribution in [3.63, 3.8) is 0 Å². The molecular weight excluding hydrogens is 386 g/mol. The van der Waals surface area contributed by atoms with E-state index in [9.17, 15) is 9.59 Å². The lowest BCUT2D eigenvalue weighted by molar-refractivity contribution is 0.0520. The zero-order valence-electron chi connectivity index (χ0n) is 17.1. The molecule has 1 heterocycles. The highest BCUT2D eigenvalue weighted by Crippen LogP contribution is 2.26. The van der Waals surface area contributed by atoms with Crippen molar-refractivity contribution in [3.8, 4) is 0 Å². The van der Waals surface area contributed by atoms with Crippen LogP contribution >= 0.6 is 11.3 Å². The van der Waals surface area contributed by atoms with Gasteiger partial charge in [0.1, 0.15) is 5.01 Å². The van der Waals surface area contributed by atoms with E-state index in [-0.39, 0.29) is 12.1 Å². The van der Waals surface area contributed by atoms with Gasteiger partial charge in [0.25, 0.3) is 0 Å². The number of nitrogens with zero attached hydrogens (tertiary/aromatic N) is 2. The van der Waals surface area contributed by atoms with Gasteiger partial charge >= 0.3 is 12.0 Å². The molecule has 2 aromatic rings. The fraction of sp³-hybridized carbons (Fsp3) is 0.500. The average Bonchev–Trinajstić information content (AvgIpc) is 3.22. The number of hydrogen-bond donors (Lipinski definition) is 1. The second kappa shape index (κ2) is 10.4. The molecule has 156 valence electrons. The maximum absolute atomic E-state index is 13.2. The van der Waals surface area contributed by atoms with E-state index in [0.29, 0.717) is 18.8 Å². The van der Waals surface area contributed by atoms with Crippen LogP contribution in [0.25, 0.3) is 0 Å². The van der Waals surface area contributed by atoms with Crippen LogP contribution in [0.5, 0.6) is 0 Å². The summed E-state index contributed by atoms with van der Waals surface area (Å²) in [6.07, 6.45) is 6.33. The summed E-state index contributed by atoms with van der Waals surface area (Å²) in [5, 5.41) is 5.55. The molecule has 0 unspecified atom stereocenters. The lowest BCUT2D eigenvalue weighted by atomic mass is 9.94. The molecule has 29 heavy (non-hydrogen) atoms. The third kappa shape index (κ3) is 5.56. The molecule has 0 saturated heterocycles. The summed E-state index contributed by atoms with van der Waals surface area (Å²) >= 11 is 1.39. The van der Waals surface area contributed by atoms with Gasteiger partial charge in [0.2, 0.25) is 0 Å². The molecule has 1 aliphatic rings. The summed E-state index contributed by atoms with van der Waals surface area (Å²) in [5.74, 6) is -0.416. The number of anilines is 1. The lowest BCUT2D eigenvalue weighted by Gasteiger charge is -2.34. The quantitative estimate of drug-likeness (QED) is 0.627. The second-order valence-electron chi connectivity index (χ2n) is 7.21. The van der Waals surface area contributed by atoms with E-state index in [0.717, 1.165) is 48.4 Å². The highest BCUT2D eigenvalue weighted by atomic mass is 32.1. The molecule has 1 N–H and O–H groups in total. The monoisotopic (exact) mass is 415 g/mol. The van der Waals surface area contributed by atoms with Gasteiger partial charge in [0, 0.05) is 17.1 Å².